The zero-order chi connectivity index (χ0) is 25.5. The van der Waals surface area contributed by atoms with Crippen molar-refractivity contribution < 1.29 is 25.2 Å². The van der Waals surface area contributed by atoms with Crippen molar-refractivity contribution in [1.82, 2.24) is 0 Å². The minimum Gasteiger partial charge on any atom is -0.396 e. The summed E-state index contributed by atoms with van der Waals surface area (Å²) in [5, 5.41) is 42.9. The normalized spacial score (nSPS) is 40.8. The first kappa shape index (κ1) is 27.6. The lowest BCUT2D eigenvalue weighted by atomic mass is 9.55. The van der Waals surface area contributed by atoms with Gasteiger partial charge in [0.25, 0.3) is 0 Å². The molecule has 4 N–H and O–H groups in total. The van der Waals surface area contributed by atoms with Crippen LogP contribution in [0, 0.1) is 34.5 Å². The van der Waals surface area contributed by atoms with E-state index in [4.69, 9.17) is 0 Å². The first-order valence-corrected chi connectivity index (χ1v) is 13.4. The number of hydrogen-bond acceptors (Lipinski definition) is 5. The summed E-state index contributed by atoms with van der Waals surface area (Å²) in [6.45, 7) is 12.4. The topological polar surface area (TPSA) is 98.0 Å². The van der Waals surface area contributed by atoms with Crippen molar-refractivity contribution >= 4 is 5.78 Å². The third-order valence-electron chi connectivity index (χ3n) is 10.0. The number of aliphatic hydroxyl groups excluding tert-OH is 3. The molecule has 0 aromatic rings. The Balaban J connectivity index is 1.91. The number of carbonyl (C=O) groups is 1. The van der Waals surface area contributed by atoms with Crippen LogP contribution in [0.25, 0.3) is 0 Å². The van der Waals surface area contributed by atoms with Gasteiger partial charge in [-0.05, 0) is 100 Å². The fraction of sp³-hybridized carbons (Fsp3) is 0.828. The van der Waals surface area contributed by atoms with Gasteiger partial charge >= 0.3 is 0 Å². The maximum atomic E-state index is 13.9. The van der Waals surface area contributed by atoms with Gasteiger partial charge in [0.1, 0.15) is 0 Å². The van der Waals surface area contributed by atoms with Crippen LogP contribution in [0.1, 0.15) is 92.9 Å². The first-order chi connectivity index (χ1) is 15.8. The number of aliphatic hydroxyl groups is 4. The second-order valence-corrected chi connectivity index (χ2v) is 12.4. The van der Waals surface area contributed by atoms with Crippen molar-refractivity contribution in [3.8, 4) is 0 Å². The quantitative estimate of drug-likeness (QED) is 0.385. The molecule has 0 radical (unpaired) electrons. The second-order valence-electron chi connectivity index (χ2n) is 12.4. The molecule has 3 aliphatic carbocycles. The highest BCUT2D eigenvalue weighted by molar-refractivity contribution is 6.01. The molecule has 0 heterocycles. The third kappa shape index (κ3) is 4.83. The van der Waals surface area contributed by atoms with Crippen molar-refractivity contribution in [3.63, 3.8) is 0 Å². The maximum Gasteiger partial charge on any atom is 0.165 e. The van der Waals surface area contributed by atoms with E-state index >= 15 is 0 Å². The van der Waals surface area contributed by atoms with E-state index in [1.54, 1.807) is 6.08 Å². The monoisotopic (exact) mass is 476 g/mol. The molecule has 5 nitrogen and oxygen atoms in total. The largest absolute Gasteiger partial charge is 0.396 e. The average Bonchev–Trinajstić information content (AvgIpc) is 3.10. The fourth-order valence-corrected chi connectivity index (χ4v) is 7.80. The molecular weight excluding hydrogens is 428 g/mol. The predicted octanol–water partition coefficient (Wildman–Crippen LogP) is 4.57. The van der Waals surface area contributed by atoms with Crippen molar-refractivity contribution in [2.45, 2.75) is 111 Å². The van der Waals surface area contributed by atoms with Crippen LogP contribution in [0.15, 0.2) is 23.3 Å². The Kier molecular flexibility index (Phi) is 8.24. The van der Waals surface area contributed by atoms with Crippen LogP contribution in [0.4, 0.5) is 0 Å². The van der Waals surface area contributed by atoms with Crippen molar-refractivity contribution in [3.05, 3.63) is 23.3 Å². The van der Waals surface area contributed by atoms with Gasteiger partial charge in [-0.1, -0.05) is 39.3 Å². The smallest absolute Gasteiger partial charge is 0.165 e. The van der Waals surface area contributed by atoms with Crippen molar-refractivity contribution in [1.29, 1.82) is 0 Å². The summed E-state index contributed by atoms with van der Waals surface area (Å²) >= 11 is 0. The Morgan fingerprint density at radius 2 is 1.91 bits per heavy atom. The third-order valence-corrected chi connectivity index (χ3v) is 10.0. The van der Waals surface area contributed by atoms with Gasteiger partial charge in [-0.2, -0.15) is 0 Å². The molecule has 34 heavy (non-hydrogen) atoms. The zero-order valence-corrected chi connectivity index (χ0v) is 22.2. The molecule has 2 fully saturated rings. The van der Waals surface area contributed by atoms with Crippen molar-refractivity contribution in [2.75, 3.05) is 6.61 Å². The van der Waals surface area contributed by atoms with Gasteiger partial charge in [-0.3, -0.25) is 4.79 Å². The van der Waals surface area contributed by atoms with Gasteiger partial charge < -0.3 is 20.4 Å². The summed E-state index contributed by atoms with van der Waals surface area (Å²) in [6, 6.07) is 0. The van der Waals surface area contributed by atoms with E-state index in [0.29, 0.717) is 43.6 Å². The van der Waals surface area contributed by atoms with Gasteiger partial charge in [0.2, 0.25) is 0 Å². The standard InChI is InChI=1S/C29H48O5/c1-7-19(18(2)3)10-13-29(6,34)25-9-8-22(27(25,4)14-15-30)21-17-24(32)23-16-20(31)11-12-28(23,5)26(21)33/h7,17-18,20,22-25,30-32,34H,8-16H2,1-6H3/b19-7-/t20-,22-,23+,24-,25-,27-,28-,29-/m0/s1. The lowest BCUT2D eigenvalue weighted by molar-refractivity contribution is -0.138. The molecule has 0 spiro atoms. The van der Waals surface area contributed by atoms with Gasteiger partial charge in [-0.15, -0.1) is 0 Å². The van der Waals surface area contributed by atoms with Gasteiger partial charge in [-0.25, -0.2) is 0 Å². The predicted molar refractivity (Wildman–Crippen MR) is 135 cm³/mol. The second kappa shape index (κ2) is 10.2. The summed E-state index contributed by atoms with van der Waals surface area (Å²) in [5.74, 6) is 0.128. The van der Waals surface area contributed by atoms with E-state index in [9.17, 15) is 25.2 Å². The number of ketones is 1. The average molecular weight is 477 g/mol. The molecule has 0 aromatic heterocycles. The Labute approximate surface area is 206 Å². The van der Waals surface area contributed by atoms with Crippen LogP contribution in [-0.4, -0.2) is 50.6 Å². The summed E-state index contributed by atoms with van der Waals surface area (Å²) in [6.07, 6.45) is 7.85. The molecule has 194 valence electrons. The van der Waals surface area contributed by atoms with Crippen LogP contribution >= 0.6 is 0 Å². The number of allylic oxidation sites excluding steroid dienone is 3. The van der Waals surface area contributed by atoms with E-state index in [1.165, 1.54) is 5.57 Å². The molecule has 0 aromatic carbocycles. The number of carbonyl (C=O) groups excluding carboxylic acids is 1. The minimum atomic E-state index is -0.917. The Morgan fingerprint density at radius 3 is 2.50 bits per heavy atom. The number of rotatable bonds is 8. The molecule has 0 saturated heterocycles. The summed E-state index contributed by atoms with van der Waals surface area (Å²) in [7, 11) is 0. The van der Waals surface area contributed by atoms with Crippen LogP contribution in [0.3, 0.4) is 0 Å². The van der Waals surface area contributed by atoms with Gasteiger partial charge in [0.15, 0.2) is 5.78 Å². The molecule has 0 aliphatic heterocycles. The van der Waals surface area contributed by atoms with E-state index in [1.807, 2.05) is 13.8 Å². The SMILES string of the molecule is C/C=C(/CC[C@](C)(O)[C@H]1CC[C@@H](C2=C[C@H](O)[C@H]3C[C@@H](O)CC[C@]3(C)C2=O)[C@]1(C)CCO)C(C)C. The lowest BCUT2D eigenvalue weighted by Gasteiger charge is -2.50. The first-order valence-electron chi connectivity index (χ1n) is 13.4. The number of Topliss-reactive ketones (excluding diaryl/α,β-unsaturated/α-hetero) is 1. The summed E-state index contributed by atoms with van der Waals surface area (Å²) < 4.78 is 0. The number of fused-ring (bicyclic) bond motifs is 1. The van der Waals surface area contributed by atoms with Crippen LogP contribution in [-0.2, 0) is 4.79 Å². The zero-order valence-electron chi connectivity index (χ0n) is 22.2. The van der Waals surface area contributed by atoms with Crippen LogP contribution < -0.4 is 0 Å². The highest BCUT2D eigenvalue weighted by Crippen LogP contribution is 2.60. The van der Waals surface area contributed by atoms with Crippen molar-refractivity contribution in [2.24, 2.45) is 34.5 Å². The van der Waals surface area contributed by atoms with E-state index in [0.717, 1.165) is 19.3 Å². The number of hydrogen-bond donors (Lipinski definition) is 4. The van der Waals surface area contributed by atoms with Gasteiger partial charge in [0, 0.05) is 17.9 Å². The van der Waals surface area contributed by atoms with E-state index in [2.05, 4.69) is 33.8 Å². The van der Waals surface area contributed by atoms with Crippen LogP contribution in [0.5, 0.6) is 0 Å². The minimum absolute atomic E-state index is 0.00178. The summed E-state index contributed by atoms with van der Waals surface area (Å²) in [4.78, 5) is 13.9. The highest BCUT2D eigenvalue weighted by Gasteiger charge is 2.58. The van der Waals surface area contributed by atoms with Gasteiger partial charge in [0.05, 0.1) is 17.8 Å². The molecule has 2 saturated carbocycles. The molecule has 8 atom stereocenters. The molecule has 5 heteroatoms. The van der Waals surface area contributed by atoms with Crippen LogP contribution in [0.2, 0.25) is 0 Å². The summed E-state index contributed by atoms with van der Waals surface area (Å²) in [5.41, 5.74) is 0.00509. The Hall–Kier alpha value is -1.01. The fourth-order valence-electron chi connectivity index (χ4n) is 7.80. The van der Waals surface area contributed by atoms with E-state index in [-0.39, 0.29) is 30.1 Å². The van der Waals surface area contributed by atoms with E-state index < -0.39 is 28.6 Å². The highest BCUT2D eigenvalue weighted by atomic mass is 16.3. The Bertz CT molecular complexity index is 811. The molecule has 3 rings (SSSR count). The Morgan fingerprint density at radius 1 is 1.24 bits per heavy atom. The molecule has 0 amide bonds. The molecule has 0 unspecified atom stereocenters. The maximum absolute atomic E-state index is 13.9. The lowest BCUT2D eigenvalue weighted by Crippen LogP contribution is -2.52. The molecular formula is C29H48O5. The molecule has 3 aliphatic rings. The molecule has 0 bridgehead atoms.